The van der Waals surface area contributed by atoms with Gasteiger partial charge in [0, 0.05) is 12.1 Å². The molecular weight excluding hydrogens is 254 g/mol. The van der Waals surface area contributed by atoms with Gasteiger partial charge in [0.05, 0.1) is 6.10 Å². The monoisotopic (exact) mass is 275 g/mol. The second kappa shape index (κ2) is 7.05. The Hall–Kier alpha value is -1.88. The molecule has 1 atom stereocenters. The molecule has 1 heterocycles. The Kier molecular flexibility index (Phi) is 5.12. The van der Waals surface area contributed by atoms with Gasteiger partial charge in [-0.15, -0.1) is 0 Å². The molecule has 2 rings (SSSR count). The van der Waals surface area contributed by atoms with Gasteiger partial charge >= 0.3 is 0 Å². The molecule has 0 radical (unpaired) electrons. The normalized spacial score (nSPS) is 12.6. The van der Waals surface area contributed by atoms with Crippen LogP contribution < -0.4 is 5.32 Å². The first-order chi connectivity index (χ1) is 9.74. The van der Waals surface area contributed by atoms with E-state index in [0.717, 1.165) is 18.4 Å². The van der Waals surface area contributed by atoms with Gasteiger partial charge in [-0.1, -0.05) is 44.9 Å². The predicted molar refractivity (Wildman–Crippen MR) is 78.3 cm³/mol. The smallest absolute Gasteiger partial charge is 0.263 e. The first-order valence-corrected chi connectivity index (χ1v) is 7.05. The fourth-order valence-electron chi connectivity index (χ4n) is 2.19. The number of anilines is 1. The molecule has 0 spiro atoms. The van der Waals surface area contributed by atoms with E-state index in [1.165, 1.54) is 0 Å². The second-order valence-electron chi connectivity index (χ2n) is 4.81. The third-order valence-corrected chi connectivity index (χ3v) is 3.51. The molecule has 1 unspecified atom stereocenters. The Morgan fingerprint density at radius 3 is 2.55 bits per heavy atom. The van der Waals surface area contributed by atoms with E-state index >= 15 is 0 Å². The lowest BCUT2D eigenvalue weighted by molar-refractivity contribution is 0.114. The third kappa shape index (κ3) is 3.57. The molecular formula is C15H21N3O2. The predicted octanol–water partition coefficient (Wildman–Crippen LogP) is 2.95. The highest BCUT2D eigenvalue weighted by Crippen LogP contribution is 2.18. The van der Waals surface area contributed by atoms with Crippen LogP contribution in [0.5, 0.6) is 0 Å². The number of aromatic nitrogens is 2. The summed E-state index contributed by atoms with van der Waals surface area (Å²) in [6, 6.07) is 9.60. The summed E-state index contributed by atoms with van der Waals surface area (Å²) in [5.41, 5.74) is 0.883. The van der Waals surface area contributed by atoms with E-state index in [-0.39, 0.29) is 0 Å². The summed E-state index contributed by atoms with van der Waals surface area (Å²) in [4.78, 5) is 4.26. The van der Waals surface area contributed by atoms with E-state index in [0.29, 0.717) is 24.3 Å². The van der Waals surface area contributed by atoms with E-state index in [4.69, 9.17) is 4.52 Å². The van der Waals surface area contributed by atoms with Gasteiger partial charge in [-0.25, -0.2) is 0 Å². The molecule has 1 aromatic heterocycles. The van der Waals surface area contributed by atoms with Gasteiger partial charge in [-0.2, -0.15) is 4.98 Å². The van der Waals surface area contributed by atoms with E-state index < -0.39 is 6.10 Å². The molecule has 108 valence electrons. The van der Waals surface area contributed by atoms with Crippen molar-refractivity contribution in [3.63, 3.8) is 0 Å². The molecule has 0 amide bonds. The summed E-state index contributed by atoms with van der Waals surface area (Å²) in [6.07, 6.45) is 1.52. The van der Waals surface area contributed by atoms with Crippen LogP contribution in [-0.2, 0) is 0 Å². The molecule has 1 aromatic carbocycles. The van der Waals surface area contributed by atoms with Crippen molar-refractivity contribution in [2.24, 2.45) is 5.92 Å². The lowest BCUT2D eigenvalue weighted by atomic mass is 9.97. The number of nitrogens with one attached hydrogen (secondary N) is 1. The lowest BCUT2D eigenvalue weighted by Gasteiger charge is -2.19. The Labute approximate surface area is 119 Å². The van der Waals surface area contributed by atoms with Crippen molar-refractivity contribution < 1.29 is 9.63 Å². The Bertz CT molecular complexity index is 509. The third-order valence-electron chi connectivity index (χ3n) is 3.51. The van der Waals surface area contributed by atoms with Crippen LogP contribution in [0.25, 0.3) is 11.5 Å². The molecule has 2 N–H and O–H groups in total. The molecule has 2 aromatic rings. The highest BCUT2D eigenvalue weighted by molar-refractivity contribution is 5.53. The molecule has 0 saturated heterocycles. The highest BCUT2D eigenvalue weighted by atomic mass is 16.5. The standard InChI is InChI=1S/C15H21N3O2/c1-3-11(4-2)13(19)10-16-15-17-14(20-18-15)12-8-6-5-7-9-12/h5-9,11,13,19H,3-4,10H2,1-2H3,(H,16,18). The molecule has 0 aliphatic rings. The van der Waals surface area contributed by atoms with Gasteiger partial charge in [-0.05, 0) is 23.2 Å². The van der Waals surface area contributed by atoms with Gasteiger partial charge in [0.15, 0.2) is 0 Å². The average Bonchev–Trinajstić information content (AvgIpc) is 2.96. The molecule has 0 aliphatic heterocycles. The van der Waals surface area contributed by atoms with Crippen LogP contribution in [0.15, 0.2) is 34.9 Å². The largest absolute Gasteiger partial charge is 0.391 e. The summed E-state index contributed by atoms with van der Waals surface area (Å²) in [5.74, 6) is 1.18. The van der Waals surface area contributed by atoms with Crippen molar-refractivity contribution >= 4 is 5.95 Å². The molecule has 5 heteroatoms. The fraction of sp³-hybridized carbons (Fsp3) is 0.467. The van der Waals surface area contributed by atoms with E-state index in [2.05, 4.69) is 29.3 Å². The quantitative estimate of drug-likeness (QED) is 0.813. The second-order valence-corrected chi connectivity index (χ2v) is 4.81. The lowest BCUT2D eigenvalue weighted by Crippen LogP contribution is -2.27. The van der Waals surface area contributed by atoms with Gasteiger partial charge in [0.25, 0.3) is 11.8 Å². The van der Waals surface area contributed by atoms with Crippen molar-refractivity contribution in [2.75, 3.05) is 11.9 Å². The molecule has 0 fully saturated rings. The van der Waals surface area contributed by atoms with E-state index in [1.54, 1.807) is 0 Å². The van der Waals surface area contributed by atoms with Crippen LogP contribution >= 0.6 is 0 Å². The minimum absolute atomic E-state index is 0.294. The van der Waals surface area contributed by atoms with Crippen LogP contribution in [0.4, 0.5) is 5.95 Å². The maximum absolute atomic E-state index is 10.0. The number of nitrogens with zero attached hydrogens (tertiary/aromatic N) is 2. The molecule has 5 nitrogen and oxygen atoms in total. The highest BCUT2D eigenvalue weighted by Gasteiger charge is 2.16. The number of aliphatic hydroxyl groups excluding tert-OH is 1. The SMILES string of the molecule is CCC(CC)C(O)CNc1noc(-c2ccccc2)n1. The molecule has 20 heavy (non-hydrogen) atoms. The first-order valence-electron chi connectivity index (χ1n) is 7.05. The minimum Gasteiger partial charge on any atom is -0.391 e. The average molecular weight is 275 g/mol. The van der Waals surface area contributed by atoms with Crippen LogP contribution in [-0.4, -0.2) is 27.9 Å². The molecule has 0 bridgehead atoms. The van der Waals surface area contributed by atoms with Gasteiger partial charge in [-0.3, -0.25) is 0 Å². The maximum atomic E-state index is 10.0. The Morgan fingerprint density at radius 2 is 1.90 bits per heavy atom. The first kappa shape index (κ1) is 14.5. The summed E-state index contributed by atoms with van der Waals surface area (Å²) < 4.78 is 5.19. The number of aliphatic hydroxyl groups is 1. The van der Waals surface area contributed by atoms with Crippen LogP contribution in [0.2, 0.25) is 0 Å². The van der Waals surface area contributed by atoms with Crippen LogP contribution in [0.3, 0.4) is 0 Å². The summed E-state index contributed by atoms with van der Waals surface area (Å²) >= 11 is 0. The Morgan fingerprint density at radius 1 is 1.20 bits per heavy atom. The number of benzene rings is 1. The maximum Gasteiger partial charge on any atom is 0.263 e. The zero-order valence-corrected chi connectivity index (χ0v) is 11.9. The Balaban J connectivity index is 1.94. The molecule has 0 aliphatic carbocycles. The number of rotatable bonds is 7. The van der Waals surface area contributed by atoms with Crippen LogP contribution in [0.1, 0.15) is 26.7 Å². The summed E-state index contributed by atoms with van der Waals surface area (Å²) in [6.45, 7) is 4.60. The van der Waals surface area contributed by atoms with Crippen molar-refractivity contribution in [3.8, 4) is 11.5 Å². The van der Waals surface area contributed by atoms with Gasteiger partial charge < -0.3 is 14.9 Å². The van der Waals surface area contributed by atoms with Crippen molar-refractivity contribution in [2.45, 2.75) is 32.8 Å². The summed E-state index contributed by atoms with van der Waals surface area (Å²) in [5, 5.41) is 16.9. The number of hydrogen-bond donors (Lipinski definition) is 2. The van der Waals surface area contributed by atoms with E-state index in [9.17, 15) is 5.11 Å². The zero-order chi connectivity index (χ0) is 14.4. The van der Waals surface area contributed by atoms with Crippen LogP contribution in [0, 0.1) is 5.92 Å². The van der Waals surface area contributed by atoms with E-state index in [1.807, 2.05) is 30.3 Å². The summed E-state index contributed by atoms with van der Waals surface area (Å²) in [7, 11) is 0. The van der Waals surface area contributed by atoms with Gasteiger partial charge in [0.1, 0.15) is 0 Å². The zero-order valence-electron chi connectivity index (χ0n) is 11.9. The topological polar surface area (TPSA) is 71.2 Å². The van der Waals surface area contributed by atoms with Crippen molar-refractivity contribution in [3.05, 3.63) is 30.3 Å². The van der Waals surface area contributed by atoms with Crippen molar-refractivity contribution in [1.82, 2.24) is 10.1 Å². The molecule has 0 saturated carbocycles. The fourth-order valence-corrected chi connectivity index (χ4v) is 2.19. The number of hydrogen-bond acceptors (Lipinski definition) is 5. The minimum atomic E-state index is -0.399. The van der Waals surface area contributed by atoms with Crippen molar-refractivity contribution in [1.29, 1.82) is 0 Å². The van der Waals surface area contributed by atoms with Gasteiger partial charge in [0.2, 0.25) is 0 Å².